The molecule has 1 N–H and O–H groups in total. The zero-order chi connectivity index (χ0) is 15.0. The molecule has 3 rings (SSSR count). The Kier molecular flexibility index (Phi) is 2.84. The molecule has 6 nitrogen and oxygen atoms in total. The lowest BCUT2D eigenvalue weighted by atomic mass is 10.1. The second kappa shape index (κ2) is 4.68. The fraction of sp³-hybridized carbons (Fsp3) is 0. The number of carbonyl (C=O) groups is 1. The van der Waals surface area contributed by atoms with E-state index in [-0.39, 0.29) is 22.3 Å². The highest BCUT2D eigenvalue weighted by atomic mass is 19.1. The van der Waals surface area contributed by atoms with Gasteiger partial charge in [0.15, 0.2) is 0 Å². The lowest BCUT2D eigenvalue weighted by Crippen LogP contribution is -2.05. The van der Waals surface area contributed by atoms with Crippen LogP contribution in [0.5, 0.6) is 0 Å². The number of benzene rings is 2. The number of halogens is 1. The van der Waals surface area contributed by atoms with Gasteiger partial charge in [-0.1, -0.05) is 11.3 Å². The number of carboxylic acid groups (broad SMARTS) is 1. The van der Waals surface area contributed by atoms with Crippen molar-refractivity contribution >= 4 is 17.0 Å². The molecular weight excluding hydrogens is 275 g/mol. The summed E-state index contributed by atoms with van der Waals surface area (Å²) in [7, 11) is 0. The van der Waals surface area contributed by atoms with Crippen LogP contribution < -0.4 is 0 Å². The molecule has 102 valence electrons. The maximum Gasteiger partial charge on any atom is 0.337 e. The number of nitrogens with zero attached hydrogens (tertiary/aromatic N) is 4. The van der Waals surface area contributed by atoms with Crippen LogP contribution >= 0.6 is 0 Å². The van der Waals surface area contributed by atoms with E-state index in [0.717, 1.165) is 6.07 Å². The Morgan fingerprint density at radius 3 is 2.86 bits per heavy atom. The monoisotopic (exact) mass is 282 g/mol. The van der Waals surface area contributed by atoms with Gasteiger partial charge in [0.2, 0.25) is 0 Å². The first-order chi connectivity index (χ1) is 10.1. The summed E-state index contributed by atoms with van der Waals surface area (Å²) in [5, 5.41) is 26.1. The van der Waals surface area contributed by atoms with Gasteiger partial charge >= 0.3 is 5.97 Å². The van der Waals surface area contributed by atoms with Crippen LogP contribution in [-0.2, 0) is 0 Å². The fourth-order valence-corrected chi connectivity index (χ4v) is 2.10. The van der Waals surface area contributed by atoms with Gasteiger partial charge in [-0.2, -0.15) is 5.26 Å². The Morgan fingerprint density at radius 2 is 2.14 bits per heavy atom. The molecule has 3 aromatic rings. The third-order valence-electron chi connectivity index (χ3n) is 3.01. The summed E-state index contributed by atoms with van der Waals surface area (Å²) in [5.74, 6) is -1.69. The van der Waals surface area contributed by atoms with E-state index in [9.17, 15) is 14.3 Å². The molecule has 0 spiro atoms. The van der Waals surface area contributed by atoms with Crippen molar-refractivity contribution in [2.45, 2.75) is 0 Å². The smallest absolute Gasteiger partial charge is 0.337 e. The maximum atomic E-state index is 13.2. The lowest BCUT2D eigenvalue weighted by molar-refractivity contribution is 0.0698. The molecule has 21 heavy (non-hydrogen) atoms. The predicted octanol–water partition coefficient (Wildman–Crippen LogP) is 2.13. The van der Waals surface area contributed by atoms with Crippen LogP contribution in [0, 0.1) is 17.1 Å². The van der Waals surface area contributed by atoms with Crippen LogP contribution in [-0.4, -0.2) is 26.1 Å². The van der Waals surface area contributed by atoms with Crippen LogP contribution in [0.15, 0.2) is 36.4 Å². The molecule has 0 amide bonds. The largest absolute Gasteiger partial charge is 0.478 e. The quantitative estimate of drug-likeness (QED) is 0.777. The summed E-state index contributed by atoms with van der Waals surface area (Å²) in [4.78, 5) is 11.3. The van der Waals surface area contributed by atoms with Crippen molar-refractivity contribution < 1.29 is 14.3 Å². The minimum atomic E-state index is -1.13. The van der Waals surface area contributed by atoms with Crippen LogP contribution in [0.4, 0.5) is 4.39 Å². The standard InChI is InChI=1S/C14H7FN4O2/c15-9-4-5-12(8(6-9)7-16)19-13-10(14(20)21)2-1-3-11(13)17-18-19/h1-6H,(H,20,21). The van der Waals surface area contributed by atoms with E-state index in [2.05, 4.69) is 10.3 Å². The van der Waals surface area contributed by atoms with Gasteiger partial charge < -0.3 is 5.11 Å². The molecule has 0 fully saturated rings. The molecule has 0 aliphatic carbocycles. The van der Waals surface area contributed by atoms with Crippen LogP contribution in [0.25, 0.3) is 16.7 Å². The minimum absolute atomic E-state index is 0.00529. The molecule has 2 aromatic carbocycles. The van der Waals surface area contributed by atoms with Crippen molar-refractivity contribution in [1.82, 2.24) is 15.0 Å². The molecule has 0 aliphatic rings. The lowest BCUT2D eigenvalue weighted by Gasteiger charge is -2.06. The Morgan fingerprint density at radius 1 is 1.33 bits per heavy atom. The third-order valence-corrected chi connectivity index (χ3v) is 3.01. The van der Waals surface area contributed by atoms with E-state index in [1.54, 1.807) is 12.1 Å². The molecule has 0 bridgehead atoms. The summed E-state index contributed by atoms with van der Waals surface area (Å²) in [6.45, 7) is 0. The van der Waals surface area contributed by atoms with E-state index in [0.29, 0.717) is 5.52 Å². The molecule has 0 unspecified atom stereocenters. The van der Waals surface area contributed by atoms with Crippen LogP contribution in [0.1, 0.15) is 15.9 Å². The van der Waals surface area contributed by atoms with Gasteiger partial charge in [0.1, 0.15) is 22.9 Å². The number of rotatable bonds is 2. The molecule has 1 aromatic heterocycles. The third kappa shape index (κ3) is 1.99. The number of carboxylic acids is 1. The molecule has 0 saturated carbocycles. The Balaban J connectivity index is 2.37. The van der Waals surface area contributed by atoms with E-state index in [1.807, 2.05) is 6.07 Å². The van der Waals surface area contributed by atoms with Gasteiger partial charge in [-0.15, -0.1) is 5.10 Å². The number of nitriles is 1. The molecular formula is C14H7FN4O2. The summed E-state index contributed by atoms with van der Waals surface area (Å²) < 4.78 is 14.4. The van der Waals surface area contributed by atoms with Gasteiger partial charge in [0.05, 0.1) is 16.8 Å². The molecule has 1 heterocycles. The maximum absolute atomic E-state index is 13.2. The highest BCUT2D eigenvalue weighted by molar-refractivity contribution is 6.01. The van der Waals surface area contributed by atoms with Gasteiger partial charge in [-0.3, -0.25) is 0 Å². The van der Waals surface area contributed by atoms with Crippen molar-refractivity contribution in [2.75, 3.05) is 0 Å². The SMILES string of the molecule is N#Cc1cc(F)ccc1-n1nnc2cccc(C(=O)O)c21. The van der Waals surface area contributed by atoms with Crippen molar-refractivity contribution in [1.29, 1.82) is 5.26 Å². The van der Waals surface area contributed by atoms with Gasteiger partial charge in [0.25, 0.3) is 0 Å². The molecule has 0 saturated heterocycles. The number of fused-ring (bicyclic) bond motifs is 1. The normalized spacial score (nSPS) is 10.5. The average Bonchev–Trinajstić information content (AvgIpc) is 2.90. The molecule has 0 radical (unpaired) electrons. The van der Waals surface area contributed by atoms with Gasteiger partial charge in [-0.25, -0.2) is 13.9 Å². The van der Waals surface area contributed by atoms with Crippen molar-refractivity contribution in [3.63, 3.8) is 0 Å². The zero-order valence-corrected chi connectivity index (χ0v) is 10.5. The zero-order valence-electron chi connectivity index (χ0n) is 10.5. The Hall–Kier alpha value is -3.27. The number of hydrogen-bond donors (Lipinski definition) is 1. The first kappa shape index (κ1) is 12.7. The predicted molar refractivity (Wildman–Crippen MR) is 70.5 cm³/mol. The number of aromatic carboxylic acids is 1. The van der Waals surface area contributed by atoms with Crippen molar-refractivity contribution in [3.8, 4) is 11.8 Å². The second-order valence-electron chi connectivity index (χ2n) is 4.25. The van der Waals surface area contributed by atoms with E-state index in [1.165, 1.54) is 22.9 Å². The first-order valence-corrected chi connectivity index (χ1v) is 5.89. The van der Waals surface area contributed by atoms with Crippen molar-refractivity contribution in [3.05, 3.63) is 53.3 Å². The van der Waals surface area contributed by atoms with Gasteiger partial charge in [-0.05, 0) is 30.3 Å². The molecule has 0 atom stereocenters. The van der Waals surface area contributed by atoms with E-state index in [4.69, 9.17) is 5.26 Å². The highest BCUT2D eigenvalue weighted by Crippen LogP contribution is 2.23. The second-order valence-corrected chi connectivity index (χ2v) is 4.25. The summed E-state index contributed by atoms with van der Waals surface area (Å²) >= 11 is 0. The highest BCUT2D eigenvalue weighted by Gasteiger charge is 2.17. The van der Waals surface area contributed by atoms with E-state index >= 15 is 0 Å². The Bertz CT molecular complexity index is 911. The summed E-state index contributed by atoms with van der Waals surface area (Å²) in [5.41, 5.74) is 0.957. The first-order valence-electron chi connectivity index (χ1n) is 5.89. The summed E-state index contributed by atoms with van der Waals surface area (Å²) in [6, 6.07) is 10.0. The molecule has 0 aliphatic heterocycles. The summed E-state index contributed by atoms with van der Waals surface area (Å²) in [6.07, 6.45) is 0. The minimum Gasteiger partial charge on any atom is -0.478 e. The van der Waals surface area contributed by atoms with Crippen LogP contribution in [0.3, 0.4) is 0 Å². The number of hydrogen-bond acceptors (Lipinski definition) is 4. The van der Waals surface area contributed by atoms with Crippen LogP contribution in [0.2, 0.25) is 0 Å². The molecule has 7 heteroatoms. The number of aromatic nitrogens is 3. The fourth-order valence-electron chi connectivity index (χ4n) is 2.10. The number of para-hydroxylation sites is 1. The average molecular weight is 282 g/mol. The van der Waals surface area contributed by atoms with Gasteiger partial charge in [0, 0.05) is 0 Å². The van der Waals surface area contributed by atoms with Crippen molar-refractivity contribution in [2.24, 2.45) is 0 Å². The van der Waals surface area contributed by atoms with E-state index < -0.39 is 11.8 Å². The Labute approximate surface area is 117 Å². The topological polar surface area (TPSA) is 91.8 Å².